The van der Waals surface area contributed by atoms with Crippen LogP contribution in [0.1, 0.15) is 18.4 Å². The molecular weight excluding hydrogens is 390 g/mol. The van der Waals surface area contributed by atoms with Crippen LogP contribution >= 0.6 is 0 Å². The minimum atomic E-state index is -0.385. The molecule has 1 fully saturated rings. The Labute approximate surface area is 170 Å². The number of H-pyrrole nitrogens is 2. The van der Waals surface area contributed by atoms with Gasteiger partial charge < -0.3 is 9.72 Å². The Morgan fingerprint density at radius 3 is 2.57 bits per heavy atom. The van der Waals surface area contributed by atoms with Crippen LogP contribution in [-0.2, 0) is 11.2 Å². The lowest BCUT2D eigenvalue weighted by Gasteiger charge is -2.21. The molecule has 0 radical (unpaired) electrons. The highest BCUT2D eigenvalue weighted by Crippen LogP contribution is 2.26. The van der Waals surface area contributed by atoms with Crippen molar-refractivity contribution in [2.24, 2.45) is 5.92 Å². The van der Waals surface area contributed by atoms with E-state index in [0.717, 1.165) is 18.4 Å². The number of hydrogen-bond donors (Lipinski definition) is 2. The smallest absolute Gasteiger partial charge is 0.277 e. The van der Waals surface area contributed by atoms with Gasteiger partial charge in [0.25, 0.3) is 5.56 Å². The van der Waals surface area contributed by atoms with E-state index in [1.807, 2.05) is 0 Å². The third-order valence-corrected chi connectivity index (χ3v) is 5.60. The number of aromatic nitrogens is 4. The van der Waals surface area contributed by atoms with Crippen LogP contribution in [0.25, 0.3) is 28.2 Å². The molecule has 0 amide bonds. The highest BCUT2D eigenvalue weighted by atomic mass is 19.1. The predicted molar refractivity (Wildman–Crippen MR) is 109 cm³/mol. The molecule has 4 aromatic rings. The third-order valence-electron chi connectivity index (χ3n) is 5.60. The zero-order valence-electron chi connectivity index (χ0n) is 16.1. The van der Waals surface area contributed by atoms with Gasteiger partial charge in [0.05, 0.1) is 16.7 Å². The highest BCUT2D eigenvalue weighted by molar-refractivity contribution is 5.76. The number of nitrogens with zero attached hydrogens (tertiary/aromatic N) is 2. The Kier molecular flexibility index (Phi) is 4.71. The molecule has 1 aliphatic heterocycles. The van der Waals surface area contributed by atoms with Gasteiger partial charge in [-0.15, -0.1) is 0 Å². The Hall–Kier alpha value is -3.26. The second kappa shape index (κ2) is 7.53. The average molecular weight is 410 g/mol. The Morgan fingerprint density at radius 2 is 1.80 bits per heavy atom. The van der Waals surface area contributed by atoms with Gasteiger partial charge in [0.2, 0.25) is 5.95 Å². The molecule has 0 aliphatic carbocycles. The van der Waals surface area contributed by atoms with Crippen molar-refractivity contribution < 1.29 is 13.5 Å². The van der Waals surface area contributed by atoms with E-state index in [9.17, 15) is 13.6 Å². The summed E-state index contributed by atoms with van der Waals surface area (Å²) in [6.07, 6.45) is 2.36. The van der Waals surface area contributed by atoms with E-state index in [-0.39, 0.29) is 23.1 Å². The summed E-state index contributed by atoms with van der Waals surface area (Å²) >= 11 is 0. The van der Waals surface area contributed by atoms with E-state index in [1.165, 1.54) is 28.9 Å². The van der Waals surface area contributed by atoms with E-state index in [2.05, 4.69) is 15.1 Å². The van der Waals surface area contributed by atoms with Gasteiger partial charge in [-0.05, 0) is 67.6 Å². The van der Waals surface area contributed by atoms with E-state index in [0.29, 0.717) is 47.8 Å². The molecule has 30 heavy (non-hydrogen) atoms. The van der Waals surface area contributed by atoms with Crippen molar-refractivity contribution in [3.8, 4) is 17.2 Å². The molecule has 2 aromatic carbocycles. The van der Waals surface area contributed by atoms with E-state index < -0.39 is 0 Å². The molecule has 154 valence electrons. The van der Waals surface area contributed by atoms with Crippen LogP contribution in [0.2, 0.25) is 0 Å². The highest BCUT2D eigenvalue weighted by Gasteiger charge is 2.23. The molecule has 2 aromatic heterocycles. The zero-order chi connectivity index (χ0) is 20.7. The maximum absolute atomic E-state index is 13.5. The lowest BCUT2D eigenvalue weighted by atomic mass is 9.91. The number of ether oxygens (including phenoxy) is 1. The average Bonchev–Trinajstić information content (AvgIpc) is 3.30. The monoisotopic (exact) mass is 410 g/mol. The van der Waals surface area contributed by atoms with Gasteiger partial charge in [0, 0.05) is 24.3 Å². The maximum Gasteiger partial charge on any atom is 0.277 e. The van der Waals surface area contributed by atoms with Crippen molar-refractivity contribution in [1.82, 2.24) is 19.7 Å². The molecule has 0 spiro atoms. The number of fused-ring (bicyclic) bond motifs is 1. The molecule has 3 heterocycles. The Bertz CT molecular complexity index is 1250. The second-order valence-electron chi connectivity index (χ2n) is 7.59. The van der Waals surface area contributed by atoms with Gasteiger partial charge in [-0.25, -0.2) is 13.8 Å². The van der Waals surface area contributed by atoms with E-state index in [4.69, 9.17) is 4.74 Å². The molecule has 5 rings (SSSR count). The predicted octanol–water partition coefficient (Wildman–Crippen LogP) is 3.96. The number of halogens is 2. The molecule has 0 unspecified atom stereocenters. The van der Waals surface area contributed by atoms with Crippen LogP contribution in [0.4, 0.5) is 8.78 Å². The number of nitrogens with one attached hydrogen (secondary N) is 2. The summed E-state index contributed by atoms with van der Waals surface area (Å²) in [6, 6.07) is 10.2. The van der Waals surface area contributed by atoms with Crippen molar-refractivity contribution in [3.63, 3.8) is 0 Å². The maximum atomic E-state index is 13.5. The molecule has 6 nitrogen and oxygen atoms in total. The number of benzene rings is 2. The van der Waals surface area contributed by atoms with Gasteiger partial charge in [0.1, 0.15) is 11.6 Å². The van der Waals surface area contributed by atoms with Crippen molar-refractivity contribution in [1.29, 1.82) is 0 Å². The molecule has 1 aliphatic rings. The van der Waals surface area contributed by atoms with Crippen molar-refractivity contribution in [2.75, 3.05) is 13.2 Å². The first-order chi connectivity index (χ1) is 14.6. The van der Waals surface area contributed by atoms with Crippen LogP contribution in [0.5, 0.6) is 0 Å². The lowest BCUT2D eigenvalue weighted by Crippen LogP contribution is -2.23. The minimum absolute atomic E-state index is 0.222. The molecule has 1 saturated heterocycles. The number of rotatable bonds is 4. The normalized spacial score (nSPS) is 15.1. The SMILES string of the molecule is O=c1c(CC2CCOCC2)c(-c2ccc(F)cc2)[nH]n1-c1nc2ccc(F)cc2[nH]1. The first kappa shape index (κ1) is 18.7. The van der Waals surface area contributed by atoms with E-state index >= 15 is 0 Å². The molecule has 0 bridgehead atoms. The Balaban J connectivity index is 1.62. The summed E-state index contributed by atoms with van der Waals surface area (Å²) in [4.78, 5) is 20.8. The largest absolute Gasteiger partial charge is 0.381 e. The first-order valence-corrected chi connectivity index (χ1v) is 9.92. The van der Waals surface area contributed by atoms with Crippen molar-refractivity contribution in [3.05, 3.63) is 70.0 Å². The molecule has 8 heteroatoms. The summed E-state index contributed by atoms with van der Waals surface area (Å²) < 4.78 is 33.8. The first-order valence-electron chi connectivity index (χ1n) is 9.92. The van der Waals surface area contributed by atoms with Gasteiger partial charge in [-0.2, -0.15) is 4.68 Å². The van der Waals surface area contributed by atoms with E-state index in [1.54, 1.807) is 18.2 Å². The summed E-state index contributed by atoms with van der Waals surface area (Å²) in [5, 5.41) is 3.13. The Morgan fingerprint density at radius 1 is 1.07 bits per heavy atom. The summed E-state index contributed by atoms with van der Waals surface area (Å²) in [6.45, 7) is 1.37. The quantitative estimate of drug-likeness (QED) is 0.535. The van der Waals surface area contributed by atoms with Gasteiger partial charge in [-0.1, -0.05) is 0 Å². The van der Waals surface area contributed by atoms with Gasteiger partial charge in [-0.3, -0.25) is 9.89 Å². The zero-order valence-corrected chi connectivity index (χ0v) is 16.1. The number of aromatic amines is 2. The summed E-state index contributed by atoms with van der Waals surface area (Å²) in [7, 11) is 0. The van der Waals surface area contributed by atoms with Gasteiger partial charge >= 0.3 is 0 Å². The fraction of sp³-hybridized carbons (Fsp3) is 0.273. The fourth-order valence-electron chi connectivity index (χ4n) is 3.98. The number of hydrogen-bond acceptors (Lipinski definition) is 3. The summed E-state index contributed by atoms with van der Waals surface area (Å²) in [5.41, 5.74) is 2.82. The third kappa shape index (κ3) is 3.43. The lowest BCUT2D eigenvalue weighted by molar-refractivity contribution is 0.0665. The van der Waals surface area contributed by atoms with Crippen LogP contribution in [0.15, 0.2) is 47.3 Å². The van der Waals surface area contributed by atoms with Gasteiger partial charge in [0.15, 0.2) is 0 Å². The van der Waals surface area contributed by atoms with Crippen LogP contribution in [-0.4, -0.2) is 33.0 Å². The second-order valence-corrected chi connectivity index (χ2v) is 7.59. The van der Waals surface area contributed by atoms with Crippen molar-refractivity contribution in [2.45, 2.75) is 19.3 Å². The fourth-order valence-corrected chi connectivity index (χ4v) is 3.98. The molecule has 0 atom stereocenters. The molecule has 2 N–H and O–H groups in total. The van der Waals surface area contributed by atoms with Crippen LogP contribution in [0, 0.1) is 17.6 Å². The molecular formula is C22H20F2N4O2. The summed E-state index contributed by atoms with van der Waals surface area (Å²) in [5.74, 6) is -0.114. The standard InChI is InChI=1S/C22H20F2N4O2/c23-15-3-1-14(2-4-15)20-17(11-13-7-9-30-10-8-13)21(29)28(27-20)22-25-18-6-5-16(24)12-19(18)26-22/h1-6,12-13,27H,7-11H2,(H,25,26). The van der Waals surface area contributed by atoms with Crippen LogP contribution < -0.4 is 5.56 Å². The van der Waals surface area contributed by atoms with Crippen LogP contribution in [0.3, 0.4) is 0 Å². The number of imidazole rings is 1. The molecule has 0 saturated carbocycles. The minimum Gasteiger partial charge on any atom is -0.381 e. The van der Waals surface area contributed by atoms with Crippen molar-refractivity contribution >= 4 is 11.0 Å². The topological polar surface area (TPSA) is 75.7 Å².